The van der Waals surface area contributed by atoms with Crippen molar-refractivity contribution in [3.63, 3.8) is 0 Å². The van der Waals surface area contributed by atoms with Crippen LogP contribution in [-0.4, -0.2) is 16.9 Å². The Morgan fingerprint density at radius 3 is 2.48 bits per heavy atom. The number of rotatable bonds is 6. The van der Waals surface area contributed by atoms with Crippen LogP contribution in [-0.2, 0) is 17.9 Å². The van der Waals surface area contributed by atoms with Crippen molar-refractivity contribution in [3.8, 4) is 0 Å². The van der Waals surface area contributed by atoms with Crippen LogP contribution in [0.2, 0.25) is 0 Å². The number of halogens is 1. The van der Waals surface area contributed by atoms with E-state index in [4.69, 9.17) is 5.11 Å². The van der Waals surface area contributed by atoms with Gasteiger partial charge >= 0.3 is 0 Å². The van der Waals surface area contributed by atoms with Gasteiger partial charge < -0.3 is 15.7 Å². The number of anilines is 1. The van der Waals surface area contributed by atoms with Gasteiger partial charge in [-0.2, -0.15) is 0 Å². The Bertz CT molecular complexity index is 786. The fourth-order valence-corrected chi connectivity index (χ4v) is 2.44. The van der Waals surface area contributed by atoms with Crippen molar-refractivity contribution in [1.82, 2.24) is 5.32 Å². The van der Waals surface area contributed by atoms with Crippen LogP contribution >= 0.6 is 0 Å². The second-order valence-electron chi connectivity index (χ2n) is 6.11. The summed E-state index contributed by atoms with van der Waals surface area (Å²) < 4.78 is 13.3. The van der Waals surface area contributed by atoms with Crippen molar-refractivity contribution in [2.24, 2.45) is 5.92 Å². The average Bonchev–Trinajstić information content (AvgIpc) is 3.46. The highest BCUT2D eigenvalue weighted by Crippen LogP contribution is 2.30. The van der Waals surface area contributed by atoms with Crippen molar-refractivity contribution in [2.45, 2.75) is 26.0 Å². The first-order valence-corrected chi connectivity index (χ1v) is 8.14. The lowest BCUT2D eigenvalue weighted by atomic mass is 10.1. The van der Waals surface area contributed by atoms with Gasteiger partial charge in [0.25, 0.3) is 5.91 Å². The van der Waals surface area contributed by atoms with E-state index in [1.807, 2.05) is 0 Å². The highest BCUT2D eigenvalue weighted by atomic mass is 19.1. The number of aliphatic hydroxyl groups excluding tert-OH is 1. The highest BCUT2D eigenvalue weighted by Gasteiger charge is 2.29. The molecule has 0 atom stereocenters. The Labute approximate surface area is 144 Å². The minimum absolute atomic E-state index is 0.0215. The Kier molecular flexibility index (Phi) is 5.09. The molecule has 130 valence electrons. The Morgan fingerprint density at radius 2 is 1.84 bits per heavy atom. The molecule has 25 heavy (non-hydrogen) atoms. The summed E-state index contributed by atoms with van der Waals surface area (Å²) in [6, 6.07) is 11.0. The summed E-state index contributed by atoms with van der Waals surface area (Å²) in [5.74, 6) is -0.591. The smallest absolute Gasteiger partial charge is 0.251 e. The molecule has 0 bridgehead atoms. The quantitative estimate of drug-likeness (QED) is 0.755. The van der Waals surface area contributed by atoms with Crippen molar-refractivity contribution in [2.75, 3.05) is 5.32 Å². The van der Waals surface area contributed by atoms with Gasteiger partial charge in [0, 0.05) is 29.3 Å². The van der Waals surface area contributed by atoms with Gasteiger partial charge in [0.1, 0.15) is 5.82 Å². The van der Waals surface area contributed by atoms with Gasteiger partial charge in [0.05, 0.1) is 6.61 Å². The van der Waals surface area contributed by atoms with Crippen molar-refractivity contribution in [1.29, 1.82) is 0 Å². The summed E-state index contributed by atoms with van der Waals surface area (Å²) in [4.78, 5) is 23.9. The van der Waals surface area contributed by atoms with Gasteiger partial charge in [-0.15, -0.1) is 0 Å². The average molecular weight is 342 g/mol. The molecule has 0 radical (unpaired) electrons. The predicted molar refractivity (Wildman–Crippen MR) is 91.3 cm³/mol. The van der Waals surface area contributed by atoms with Gasteiger partial charge in [-0.3, -0.25) is 9.59 Å². The van der Waals surface area contributed by atoms with Gasteiger partial charge in [-0.25, -0.2) is 4.39 Å². The van der Waals surface area contributed by atoms with Gasteiger partial charge in [-0.05, 0) is 54.8 Å². The summed E-state index contributed by atoms with van der Waals surface area (Å²) in [6.45, 7) is -0.159. The molecule has 0 unspecified atom stereocenters. The number of nitrogens with one attached hydrogen (secondary N) is 2. The molecular formula is C19H19FN2O3. The molecule has 1 saturated carbocycles. The molecule has 0 spiro atoms. The van der Waals surface area contributed by atoms with Crippen molar-refractivity contribution >= 4 is 17.5 Å². The van der Waals surface area contributed by atoms with E-state index >= 15 is 0 Å². The molecule has 2 aromatic rings. The lowest BCUT2D eigenvalue weighted by Crippen LogP contribution is -2.23. The summed E-state index contributed by atoms with van der Waals surface area (Å²) >= 11 is 0. The van der Waals surface area contributed by atoms with E-state index in [2.05, 4.69) is 10.6 Å². The monoisotopic (exact) mass is 342 g/mol. The minimum Gasteiger partial charge on any atom is -0.392 e. The Balaban J connectivity index is 1.56. The van der Waals surface area contributed by atoms with E-state index in [9.17, 15) is 14.0 Å². The maximum Gasteiger partial charge on any atom is 0.251 e. The fraction of sp³-hybridized carbons (Fsp3) is 0.263. The fourth-order valence-electron chi connectivity index (χ4n) is 2.44. The zero-order valence-corrected chi connectivity index (χ0v) is 13.6. The molecule has 1 fully saturated rings. The lowest BCUT2D eigenvalue weighted by Gasteiger charge is -2.08. The van der Waals surface area contributed by atoms with E-state index in [0.717, 1.165) is 12.8 Å². The molecule has 0 aliphatic heterocycles. The topological polar surface area (TPSA) is 78.4 Å². The van der Waals surface area contributed by atoms with Crippen LogP contribution in [0, 0.1) is 11.7 Å². The Morgan fingerprint density at radius 1 is 1.12 bits per heavy atom. The molecule has 6 heteroatoms. The molecule has 0 aromatic heterocycles. The standard InChI is InChI=1S/C19H19FN2O3/c20-17-8-1-12(9-15(17)11-23)10-21-18(24)13-4-6-16(7-5-13)22-19(25)14-2-3-14/h1,4-9,14,23H,2-3,10-11H2,(H,21,24)(H,22,25). The van der Waals surface area contributed by atoms with Crippen LogP contribution in [0.25, 0.3) is 0 Å². The number of hydrogen-bond acceptors (Lipinski definition) is 3. The SMILES string of the molecule is O=C(NCc1ccc(F)c(CO)c1)c1ccc(NC(=O)C2CC2)cc1. The van der Waals surface area contributed by atoms with Crippen LogP contribution in [0.4, 0.5) is 10.1 Å². The molecule has 3 N–H and O–H groups in total. The third kappa shape index (κ3) is 4.42. The van der Waals surface area contributed by atoms with Crippen molar-refractivity contribution < 1.29 is 19.1 Å². The van der Waals surface area contributed by atoms with Crippen LogP contribution in [0.1, 0.15) is 34.3 Å². The number of benzene rings is 2. The summed E-state index contributed by atoms with van der Waals surface area (Å²) in [5, 5.41) is 14.6. The predicted octanol–water partition coefficient (Wildman–Crippen LogP) is 2.60. The zero-order chi connectivity index (χ0) is 17.8. The van der Waals surface area contributed by atoms with Crippen LogP contribution in [0.15, 0.2) is 42.5 Å². The lowest BCUT2D eigenvalue weighted by molar-refractivity contribution is -0.117. The van der Waals surface area contributed by atoms with E-state index in [-0.39, 0.29) is 36.4 Å². The van der Waals surface area contributed by atoms with E-state index in [1.54, 1.807) is 30.3 Å². The van der Waals surface area contributed by atoms with Gasteiger partial charge in [0.2, 0.25) is 5.91 Å². The first-order chi connectivity index (χ1) is 12.1. The number of carbonyl (C=O) groups is 2. The molecule has 1 aliphatic rings. The van der Waals surface area contributed by atoms with E-state index in [0.29, 0.717) is 16.8 Å². The third-order valence-corrected chi connectivity index (χ3v) is 4.10. The van der Waals surface area contributed by atoms with Crippen molar-refractivity contribution in [3.05, 3.63) is 65.0 Å². The van der Waals surface area contributed by atoms with E-state index < -0.39 is 5.82 Å². The Hall–Kier alpha value is -2.73. The first kappa shape index (κ1) is 17.1. The largest absolute Gasteiger partial charge is 0.392 e. The molecular weight excluding hydrogens is 323 g/mol. The molecule has 1 aliphatic carbocycles. The number of amides is 2. The molecule has 0 heterocycles. The van der Waals surface area contributed by atoms with Crippen LogP contribution < -0.4 is 10.6 Å². The normalized spacial score (nSPS) is 13.4. The first-order valence-electron chi connectivity index (χ1n) is 8.14. The van der Waals surface area contributed by atoms with Crippen LogP contribution in [0.3, 0.4) is 0 Å². The summed E-state index contributed by atoms with van der Waals surface area (Å²) in [5.41, 5.74) is 2.03. The molecule has 3 rings (SSSR count). The second-order valence-corrected chi connectivity index (χ2v) is 6.11. The zero-order valence-electron chi connectivity index (χ0n) is 13.6. The maximum atomic E-state index is 13.3. The summed E-state index contributed by atoms with van der Waals surface area (Å²) in [7, 11) is 0. The summed E-state index contributed by atoms with van der Waals surface area (Å²) in [6.07, 6.45) is 1.88. The highest BCUT2D eigenvalue weighted by molar-refractivity contribution is 5.96. The maximum absolute atomic E-state index is 13.3. The number of aliphatic hydroxyl groups is 1. The number of hydrogen-bond donors (Lipinski definition) is 3. The van der Waals surface area contributed by atoms with Crippen LogP contribution in [0.5, 0.6) is 0 Å². The third-order valence-electron chi connectivity index (χ3n) is 4.10. The van der Waals surface area contributed by atoms with Gasteiger partial charge in [0.15, 0.2) is 0 Å². The molecule has 2 amide bonds. The molecule has 2 aromatic carbocycles. The van der Waals surface area contributed by atoms with Gasteiger partial charge in [-0.1, -0.05) is 6.07 Å². The molecule has 5 nitrogen and oxygen atoms in total. The molecule has 0 saturated heterocycles. The second kappa shape index (κ2) is 7.44. The number of carbonyl (C=O) groups excluding carboxylic acids is 2. The van der Waals surface area contributed by atoms with E-state index in [1.165, 1.54) is 12.1 Å². The minimum atomic E-state index is -0.471.